The van der Waals surface area contributed by atoms with Gasteiger partial charge < -0.3 is 25.5 Å². The van der Waals surface area contributed by atoms with Crippen molar-refractivity contribution in [3.8, 4) is 0 Å². The Bertz CT molecular complexity index is 1020. The Hall–Kier alpha value is -2.88. The molecule has 10 heteroatoms. The van der Waals surface area contributed by atoms with E-state index in [1.165, 1.54) is 0 Å². The molecule has 0 saturated carbocycles. The summed E-state index contributed by atoms with van der Waals surface area (Å²) in [6.07, 6.45) is 0.758. The number of nitrogens with one attached hydrogen (secondary N) is 2. The van der Waals surface area contributed by atoms with Gasteiger partial charge in [-0.05, 0) is 42.2 Å². The molecule has 1 aliphatic heterocycles. The molecule has 2 aromatic carbocycles. The molecule has 8 nitrogen and oxygen atoms in total. The molecule has 0 aromatic heterocycles. The lowest BCUT2D eigenvalue weighted by molar-refractivity contribution is -0.144. The number of oxime groups is 1. The molecule has 0 saturated heterocycles. The minimum atomic E-state index is -1.71. The van der Waals surface area contributed by atoms with Crippen molar-refractivity contribution in [1.29, 1.82) is 0 Å². The van der Waals surface area contributed by atoms with Gasteiger partial charge in [0.25, 0.3) is 11.8 Å². The molecule has 1 heterocycles. The number of hydrogen-bond acceptors (Lipinski definition) is 6. The van der Waals surface area contributed by atoms with E-state index < -0.39 is 24.6 Å². The van der Waals surface area contributed by atoms with Gasteiger partial charge in [0.2, 0.25) is 5.60 Å². The van der Waals surface area contributed by atoms with Crippen LogP contribution in [0.15, 0.2) is 59.8 Å². The van der Waals surface area contributed by atoms with Gasteiger partial charge in [-0.3, -0.25) is 9.59 Å². The Kier molecular flexibility index (Phi) is 8.71. The maximum atomic E-state index is 13.4. The second-order valence-corrected chi connectivity index (χ2v) is 9.33. The zero-order valence-electron chi connectivity index (χ0n) is 19.2. The zero-order chi connectivity index (χ0) is 24.7. The molecule has 1 aliphatic rings. The van der Waals surface area contributed by atoms with Crippen LogP contribution in [0.2, 0.25) is 5.02 Å². The number of rotatable bonds is 10. The highest BCUT2D eigenvalue weighted by Crippen LogP contribution is 2.29. The van der Waals surface area contributed by atoms with Gasteiger partial charge in [-0.15, -0.1) is 0 Å². The summed E-state index contributed by atoms with van der Waals surface area (Å²) in [5.41, 5.74) is 0.444. The number of halogens is 1. The predicted molar refractivity (Wildman–Crippen MR) is 131 cm³/mol. The molecule has 0 bridgehead atoms. The maximum absolute atomic E-state index is 13.4. The minimum Gasteiger partial charge on any atom is -0.426 e. The van der Waals surface area contributed by atoms with Gasteiger partial charge in [0.05, 0.1) is 18.2 Å². The lowest BCUT2D eigenvalue weighted by Crippen LogP contribution is -2.56. The third-order valence-corrected chi connectivity index (χ3v) is 5.80. The van der Waals surface area contributed by atoms with Gasteiger partial charge in [0, 0.05) is 23.4 Å². The summed E-state index contributed by atoms with van der Waals surface area (Å²) < 4.78 is 0. The Balaban J connectivity index is 1.72. The van der Waals surface area contributed by atoms with E-state index in [9.17, 15) is 19.6 Å². The molecule has 34 heavy (non-hydrogen) atoms. The zero-order valence-corrected chi connectivity index (χ0v) is 20.0. The second-order valence-electron chi connectivity index (χ2n) is 8.89. The lowest BCUT2D eigenvalue weighted by Gasteiger charge is -2.29. The van der Waals surface area contributed by atoms with Crippen LogP contribution in [-0.4, -0.2) is 52.8 Å². The van der Waals surface area contributed by atoms with E-state index in [0.717, 1.165) is 5.56 Å². The van der Waals surface area contributed by atoms with Crippen LogP contribution in [0.1, 0.15) is 42.6 Å². The fraction of sp³-hybridized carbons (Fsp3) is 0.375. The average molecular weight is 486 g/mol. The summed E-state index contributed by atoms with van der Waals surface area (Å²) in [7, 11) is -1.71. The molecule has 2 amide bonds. The molecule has 180 valence electrons. The van der Waals surface area contributed by atoms with E-state index in [4.69, 9.17) is 16.4 Å². The van der Waals surface area contributed by atoms with Crippen LogP contribution in [0.3, 0.4) is 0 Å². The van der Waals surface area contributed by atoms with E-state index in [2.05, 4.69) is 15.8 Å². The van der Waals surface area contributed by atoms with Crippen molar-refractivity contribution in [3.05, 3.63) is 70.7 Å². The van der Waals surface area contributed by atoms with Crippen LogP contribution >= 0.6 is 11.6 Å². The molecular weight excluding hydrogens is 457 g/mol. The number of nitrogens with zero attached hydrogens (tertiary/aromatic N) is 1. The number of benzene rings is 2. The van der Waals surface area contributed by atoms with Gasteiger partial charge in [-0.1, -0.05) is 60.9 Å². The number of hydrogen-bond donors (Lipinski definition) is 4. The van der Waals surface area contributed by atoms with Crippen molar-refractivity contribution in [2.24, 2.45) is 11.1 Å². The standard InChI is InChI=1S/C24H29BClN3O5/c1-16(2)12-21(25(32)33)28-23(31)24(13-17-6-4-3-5-7-17)14-20(29-34-24)15-27-22(30)18-8-10-19(26)11-9-18/h3-11,16,21,32-33H,12-15H2,1-2H3,(H,27,30)(H,28,31)/t21-,24?/m0/s1. The maximum Gasteiger partial charge on any atom is 0.475 e. The first-order valence-electron chi connectivity index (χ1n) is 11.2. The third kappa shape index (κ3) is 6.82. The minimum absolute atomic E-state index is 0.101. The molecule has 3 rings (SSSR count). The molecule has 0 radical (unpaired) electrons. The first-order chi connectivity index (χ1) is 16.2. The van der Waals surface area contributed by atoms with Crippen molar-refractivity contribution in [1.82, 2.24) is 10.6 Å². The fourth-order valence-electron chi connectivity index (χ4n) is 3.81. The van der Waals surface area contributed by atoms with Crippen molar-refractivity contribution in [2.75, 3.05) is 6.54 Å². The normalized spacial score (nSPS) is 18.1. The Morgan fingerprint density at radius 2 is 1.82 bits per heavy atom. The molecule has 2 aromatic rings. The van der Waals surface area contributed by atoms with Gasteiger partial charge >= 0.3 is 7.12 Å². The Labute approximate surface area is 204 Å². The van der Waals surface area contributed by atoms with E-state index in [0.29, 0.717) is 22.7 Å². The first-order valence-corrected chi connectivity index (χ1v) is 11.5. The average Bonchev–Trinajstić information content (AvgIpc) is 3.22. The third-order valence-electron chi connectivity index (χ3n) is 5.55. The molecule has 4 N–H and O–H groups in total. The highest BCUT2D eigenvalue weighted by Gasteiger charge is 2.48. The Morgan fingerprint density at radius 1 is 1.15 bits per heavy atom. The number of amides is 2. The molecule has 0 fully saturated rings. The summed E-state index contributed by atoms with van der Waals surface area (Å²) in [6, 6.07) is 15.9. The molecule has 2 atom stereocenters. The van der Waals surface area contributed by atoms with Gasteiger partial charge in [-0.25, -0.2) is 0 Å². The summed E-state index contributed by atoms with van der Waals surface area (Å²) in [6.45, 7) is 3.96. The largest absolute Gasteiger partial charge is 0.475 e. The van der Waals surface area contributed by atoms with E-state index in [1.54, 1.807) is 24.3 Å². The SMILES string of the molecule is CC(C)C[C@H](NC(=O)C1(Cc2ccccc2)CC(CNC(=O)c2ccc(Cl)cc2)=NO1)B(O)O. The first kappa shape index (κ1) is 25.7. The molecule has 0 spiro atoms. The fourth-order valence-corrected chi connectivity index (χ4v) is 3.94. The predicted octanol–water partition coefficient (Wildman–Crippen LogP) is 2.37. The van der Waals surface area contributed by atoms with Crippen LogP contribution in [-0.2, 0) is 16.1 Å². The highest BCUT2D eigenvalue weighted by atomic mass is 35.5. The molecule has 1 unspecified atom stereocenters. The van der Waals surface area contributed by atoms with Crippen LogP contribution in [0.25, 0.3) is 0 Å². The summed E-state index contributed by atoms with van der Waals surface area (Å²) in [5.74, 6) is -1.50. The van der Waals surface area contributed by atoms with Crippen molar-refractivity contribution in [3.63, 3.8) is 0 Å². The van der Waals surface area contributed by atoms with E-state index in [1.807, 2.05) is 44.2 Å². The van der Waals surface area contributed by atoms with Gasteiger partial charge in [0.1, 0.15) is 0 Å². The van der Waals surface area contributed by atoms with E-state index >= 15 is 0 Å². The summed E-state index contributed by atoms with van der Waals surface area (Å²) >= 11 is 5.87. The van der Waals surface area contributed by atoms with Crippen molar-refractivity contribution >= 4 is 36.2 Å². The van der Waals surface area contributed by atoms with Crippen LogP contribution in [0, 0.1) is 5.92 Å². The smallest absolute Gasteiger partial charge is 0.426 e. The summed E-state index contributed by atoms with van der Waals surface area (Å²) in [4.78, 5) is 31.5. The Morgan fingerprint density at radius 3 is 2.44 bits per heavy atom. The van der Waals surface area contributed by atoms with Gasteiger partial charge in [0.15, 0.2) is 0 Å². The lowest BCUT2D eigenvalue weighted by atomic mass is 9.74. The van der Waals surface area contributed by atoms with Crippen molar-refractivity contribution < 1.29 is 24.5 Å². The van der Waals surface area contributed by atoms with Crippen molar-refractivity contribution in [2.45, 2.75) is 44.7 Å². The van der Waals surface area contributed by atoms with Crippen LogP contribution in [0.5, 0.6) is 0 Å². The quantitative estimate of drug-likeness (QED) is 0.385. The highest BCUT2D eigenvalue weighted by molar-refractivity contribution is 6.43. The number of carbonyl (C=O) groups is 2. The second kappa shape index (κ2) is 11.5. The summed E-state index contributed by atoms with van der Waals surface area (Å²) in [5, 5.41) is 29.7. The van der Waals surface area contributed by atoms with Gasteiger partial charge in [-0.2, -0.15) is 0 Å². The molecule has 0 aliphatic carbocycles. The van der Waals surface area contributed by atoms with Crippen LogP contribution in [0.4, 0.5) is 0 Å². The van der Waals surface area contributed by atoms with E-state index in [-0.39, 0.29) is 31.2 Å². The monoisotopic (exact) mass is 485 g/mol. The number of carbonyl (C=O) groups excluding carboxylic acids is 2. The van der Waals surface area contributed by atoms with Crippen LogP contribution < -0.4 is 10.6 Å². The topological polar surface area (TPSA) is 120 Å². The molecular formula is C24H29BClN3O5.